The molecule has 1 rings (SSSR count). The van der Waals surface area contributed by atoms with E-state index < -0.39 is 10.0 Å². The van der Waals surface area contributed by atoms with Crippen LogP contribution in [0.4, 0.5) is 5.69 Å². The molecular weight excluding hydrogens is 274 g/mol. The highest BCUT2D eigenvalue weighted by molar-refractivity contribution is 7.89. The Balaban J connectivity index is 3.10. The summed E-state index contributed by atoms with van der Waals surface area (Å²) in [7, 11) is -1.96. The fourth-order valence-electron chi connectivity index (χ4n) is 2.13. The topological polar surface area (TPSA) is 62.3 Å². The summed E-state index contributed by atoms with van der Waals surface area (Å²) in [5, 5.41) is 3.15. The average molecular weight is 299 g/mol. The van der Waals surface area contributed by atoms with E-state index in [9.17, 15) is 8.42 Å². The molecule has 0 amide bonds. The third-order valence-corrected chi connectivity index (χ3v) is 5.13. The van der Waals surface area contributed by atoms with E-state index in [0.717, 1.165) is 6.42 Å². The van der Waals surface area contributed by atoms with Gasteiger partial charge in [-0.15, -0.1) is 0 Å². The van der Waals surface area contributed by atoms with Crippen molar-refractivity contribution >= 4 is 15.7 Å². The first-order valence-electron chi connectivity index (χ1n) is 6.97. The van der Waals surface area contributed by atoms with Gasteiger partial charge in [0.25, 0.3) is 10.0 Å². The van der Waals surface area contributed by atoms with E-state index in [-0.39, 0.29) is 11.1 Å². The normalized spacial score (nSPS) is 13.8. The number of aromatic nitrogens is 1. The second-order valence-electron chi connectivity index (χ2n) is 5.39. The summed E-state index contributed by atoms with van der Waals surface area (Å²) < 4.78 is 26.8. The van der Waals surface area contributed by atoms with Crippen LogP contribution in [-0.2, 0) is 10.0 Å². The number of hydrogen-bond acceptors (Lipinski definition) is 4. The molecule has 1 atom stereocenters. The number of sulfonamides is 1. The van der Waals surface area contributed by atoms with E-state index in [0.29, 0.717) is 18.2 Å². The molecule has 20 heavy (non-hydrogen) atoms. The van der Waals surface area contributed by atoms with Crippen LogP contribution in [0.15, 0.2) is 23.4 Å². The number of pyridine rings is 1. The van der Waals surface area contributed by atoms with Crippen molar-refractivity contribution in [3.63, 3.8) is 0 Å². The van der Waals surface area contributed by atoms with E-state index in [1.807, 2.05) is 13.8 Å². The Kier molecular flexibility index (Phi) is 5.95. The molecule has 114 valence electrons. The van der Waals surface area contributed by atoms with Crippen LogP contribution < -0.4 is 5.32 Å². The van der Waals surface area contributed by atoms with Crippen molar-refractivity contribution in [1.82, 2.24) is 9.29 Å². The number of nitrogens with one attached hydrogen (secondary N) is 1. The van der Waals surface area contributed by atoms with Gasteiger partial charge in [0.1, 0.15) is 0 Å². The molecular formula is C14H25N3O2S. The molecule has 1 heterocycles. The molecule has 0 radical (unpaired) electrons. The molecule has 5 nitrogen and oxygen atoms in total. The summed E-state index contributed by atoms with van der Waals surface area (Å²) >= 11 is 0. The highest BCUT2D eigenvalue weighted by Crippen LogP contribution is 2.24. The Morgan fingerprint density at radius 3 is 2.55 bits per heavy atom. The maximum absolute atomic E-state index is 12.7. The molecule has 0 saturated carbocycles. The van der Waals surface area contributed by atoms with Gasteiger partial charge in [-0.3, -0.25) is 0 Å². The van der Waals surface area contributed by atoms with E-state index >= 15 is 0 Å². The third-order valence-electron chi connectivity index (χ3n) is 3.20. The van der Waals surface area contributed by atoms with Crippen LogP contribution in [0.25, 0.3) is 0 Å². The summed E-state index contributed by atoms with van der Waals surface area (Å²) in [5.41, 5.74) is 0.554. The van der Waals surface area contributed by atoms with Gasteiger partial charge in [-0.25, -0.2) is 13.4 Å². The van der Waals surface area contributed by atoms with Gasteiger partial charge in [-0.05, 0) is 38.3 Å². The average Bonchev–Trinajstić information content (AvgIpc) is 2.37. The first kappa shape index (κ1) is 16.9. The lowest BCUT2D eigenvalue weighted by molar-refractivity contribution is 0.337. The largest absolute Gasteiger partial charge is 0.383 e. The highest BCUT2D eigenvalue weighted by atomic mass is 32.2. The predicted octanol–water partition coefficient (Wildman–Crippen LogP) is 2.57. The molecule has 0 aliphatic carbocycles. The quantitative estimate of drug-likeness (QED) is 0.840. The van der Waals surface area contributed by atoms with Gasteiger partial charge < -0.3 is 5.32 Å². The summed E-state index contributed by atoms with van der Waals surface area (Å²) in [5.74, 6) is 0.444. The molecule has 1 N–H and O–H groups in total. The van der Waals surface area contributed by atoms with Crippen LogP contribution in [0.5, 0.6) is 0 Å². The zero-order valence-corrected chi connectivity index (χ0v) is 13.7. The fourth-order valence-corrected chi connectivity index (χ4v) is 3.57. The van der Waals surface area contributed by atoms with Crippen molar-refractivity contribution in [3.05, 3.63) is 18.3 Å². The molecule has 0 saturated heterocycles. The second-order valence-corrected chi connectivity index (χ2v) is 7.30. The zero-order valence-electron chi connectivity index (χ0n) is 12.9. The van der Waals surface area contributed by atoms with Crippen molar-refractivity contribution in [2.45, 2.75) is 45.2 Å². The Morgan fingerprint density at radius 2 is 2.00 bits per heavy atom. The lowest BCUT2D eigenvalue weighted by Crippen LogP contribution is -2.36. The molecule has 1 unspecified atom stereocenters. The lowest BCUT2D eigenvalue weighted by atomic mass is 10.1. The van der Waals surface area contributed by atoms with Crippen LogP contribution in [0.1, 0.15) is 34.1 Å². The smallest absolute Gasteiger partial charge is 0.262 e. The van der Waals surface area contributed by atoms with Crippen molar-refractivity contribution in [3.8, 4) is 0 Å². The van der Waals surface area contributed by atoms with Gasteiger partial charge in [0.05, 0.1) is 5.69 Å². The molecule has 0 aliphatic rings. The van der Waals surface area contributed by atoms with E-state index in [1.54, 1.807) is 19.2 Å². The summed E-state index contributed by atoms with van der Waals surface area (Å²) in [4.78, 5) is 4.06. The van der Waals surface area contributed by atoms with Gasteiger partial charge in [-0.2, -0.15) is 4.31 Å². The minimum absolute atomic E-state index is 0.0588. The molecule has 6 heteroatoms. The Morgan fingerprint density at radius 1 is 1.35 bits per heavy atom. The maximum Gasteiger partial charge on any atom is 0.262 e. The Hall–Kier alpha value is -1.14. The number of rotatable bonds is 7. The standard InChI is InChI=1S/C14H25N3O2S/c1-6-15-13-8-7-9-16-14(13)20(18,19)17(5)12(4)10-11(2)3/h7-9,11-12,15H,6,10H2,1-5H3. The second kappa shape index (κ2) is 7.04. The zero-order chi connectivity index (χ0) is 15.3. The number of hydrogen-bond donors (Lipinski definition) is 1. The summed E-state index contributed by atoms with van der Waals surface area (Å²) in [6.45, 7) is 8.67. The molecule has 0 aliphatic heterocycles. The summed E-state index contributed by atoms with van der Waals surface area (Å²) in [6, 6.07) is 3.41. The molecule has 0 bridgehead atoms. The van der Waals surface area contributed by atoms with E-state index in [4.69, 9.17) is 0 Å². The van der Waals surface area contributed by atoms with Gasteiger partial charge in [0, 0.05) is 25.8 Å². The van der Waals surface area contributed by atoms with Crippen molar-refractivity contribution in [1.29, 1.82) is 0 Å². The van der Waals surface area contributed by atoms with Gasteiger partial charge in [0.15, 0.2) is 5.03 Å². The Bertz CT molecular complexity index is 529. The maximum atomic E-state index is 12.7. The molecule has 1 aromatic heterocycles. The van der Waals surface area contributed by atoms with Crippen LogP contribution in [0.2, 0.25) is 0 Å². The number of anilines is 1. The van der Waals surface area contributed by atoms with Crippen LogP contribution in [-0.4, -0.2) is 37.3 Å². The van der Waals surface area contributed by atoms with Crippen LogP contribution in [0, 0.1) is 5.92 Å². The SMILES string of the molecule is CCNc1cccnc1S(=O)(=O)N(C)C(C)CC(C)C. The van der Waals surface area contributed by atoms with E-state index in [2.05, 4.69) is 24.1 Å². The van der Waals surface area contributed by atoms with Crippen LogP contribution >= 0.6 is 0 Å². The van der Waals surface area contributed by atoms with Crippen LogP contribution in [0.3, 0.4) is 0 Å². The molecule has 0 fully saturated rings. The minimum Gasteiger partial charge on any atom is -0.383 e. The van der Waals surface area contributed by atoms with Gasteiger partial charge >= 0.3 is 0 Å². The number of nitrogens with zero attached hydrogens (tertiary/aromatic N) is 2. The van der Waals surface area contributed by atoms with Crippen molar-refractivity contribution < 1.29 is 8.42 Å². The predicted molar refractivity (Wildman–Crippen MR) is 82.3 cm³/mol. The highest BCUT2D eigenvalue weighted by Gasteiger charge is 2.29. The van der Waals surface area contributed by atoms with Gasteiger partial charge in [0.2, 0.25) is 0 Å². The monoisotopic (exact) mass is 299 g/mol. The Labute approximate surface area is 122 Å². The van der Waals surface area contributed by atoms with Crippen molar-refractivity contribution in [2.24, 2.45) is 5.92 Å². The lowest BCUT2D eigenvalue weighted by Gasteiger charge is -2.26. The molecule has 1 aromatic rings. The molecule has 0 aromatic carbocycles. The minimum atomic E-state index is -3.58. The van der Waals surface area contributed by atoms with Crippen molar-refractivity contribution in [2.75, 3.05) is 18.9 Å². The van der Waals surface area contributed by atoms with Gasteiger partial charge in [-0.1, -0.05) is 13.8 Å². The third kappa shape index (κ3) is 3.93. The van der Waals surface area contributed by atoms with E-state index in [1.165, 1.54) is 10.5 Å². The summed E-state index contributed by atoms with van der Waals surface area (Å²) in [6.07, 6.45) is 2.33. The first-order chi connectivity index (χ1) is 9.30. The fraction of sp³-hybridized carbons (Fsp3) is 0.643. The molecule has 0 spiro atoms. The first-order valence-corrected chi connectivity index (χ1v) is 8.41.